The zero-order valence-corrected chi connectivity index (χ0v) is 9.79. The molecule has 1 rings (SSSR count). The molecule has 0 aromatic rings. The molecule has 88 valence electrons. The van der Waals surface area contributed by atoms with Gasteiger partial charge in [0.05, 0.1) is 7.11 Å². The molecule has 15 heavy (non-hydrogen) atoms. The van der Waals surface area contributed by atoms with E-state index >= 15 is 0 Å². The number of piperidine rings is 1. The lowest BCUT2D eigenvalue weighted by molar-refractivity contribution is -0.142. The van der Waals surface area contributed by atoms with Crippen molar-refractivity contribution in [3.8, 4) is 0 Å². The van der Waals surface area contributed by atoms with E-state index in [1.54, 1.807) is 0 Å². The van der Waals surface area contributed by atoms with Gasteiger partial charge in [0.25, 0.3) is 0 Å². The van der Waals surface area contributed by atoms with Crippen LogP contribution in [-0.2, 0) is 9.53 Å². The fourth-order valence-electron chi connectivity index (χ4n) is 1.88. The van der Waals surface area contributed by atoms with Gasteiger partial charge in [-0.3, -0.25) is 4.79 Å². The number of nitrogens with one attached hydrogen (secondary N) is 1. The van der Waals surface area contributed by atoms with Crippen LogP contribution in [0.2, 0.25) is 0 Å². The van der Waals surface area contributed by atoms with Gasteiger partial charge in [-0.05, 0) is 32.9 Å². The maximum absolute atomic E-state index is 11.1. The number of rotatable bonds is 5. The molecule has 1 N–H and O–H groups in total. The van der Waals surface area contributed by atoms with E-state index in [-0.39, 0.29) is 12.0 Å². The Labute approximate surface area is 92.0 Å². The predicted molar refractivity (Wildman–Crippen MR) is 59.8 cm³/mol. The normalized spacial score (nSPS) is 19.9. The van der Waals surface area contributed by atoms with E-state index in [2.05, 4.69) is 15.0 Å². The molecule has 0 radical (unpaired) electrons. The van der Waals surface area contributed by atoms with E-state index < -0.39 is 0 Å². The summed E-state index contributed by atoms with van der Waals surface area (Å²) in [5, 5.41) is 3.16. The first-order valence-corrected chi connectivity index (χ1v) is 5.77. The molecule has 1 atom stereocenters. The van der Waals surface area contributed by atoms with Crippen LogP contribution in [0, 0.1) is 0 Å². The van der Waals surface area contributed by atoms with Gasteiger partial charge in [0.2, 0.25) is 0 Å². The number of esters is 1. The van der Waals surface area contributed by atoms with Crippen LogP contribution in [0.25, 0.3) is 0 Å². The summed E-state index contributed by atoms with van der Waals surface area (Å²) in [7, 11) is 1.42. The minimum Gasteiger partial charge on any atom is -0.468 e. The average Bonchev–Trinajstić information content (AvgIpc) is 2.29. The van der Waals surface area contributed by atoms with E-state index in [1.165, 1.54) is 39.5 Å². The van der Waals surface area contributed by atoms with Gasteiger partial charge < -0.3 is 15.0 Å². The minimum atomic E-state index is -0.195. The number of carbonyl (C=O) groups is 1. The predicted octanol–water partition coefficient (Wildman–Crippen LogP) is 0.623. The van der Waals surface area contributed by atoms with Gasteiger partial charge in [0, 0.05) is 13.1 Å². The topological polar surface area (TPSA) is 41.6 Å². The van der Waals surface area contributed by atoms with Gasteiger partial charge in [0.1, 0.15) is 6.04 Å². The Morgan fingerprint density at radius 2 is 2.07 bits per heavy atom. The quantitative estimate of drug-likeness (QED) is 0.681. The minimum absolute atomic E-state index is 0.186. The van der Waals surface area contributed by atoms with Crippen LogP contribution in [0.4, 0.5) is 0 Å². The zero-order chi connectivity index (χ0) is 11.1. The van der Waals surface area contributed by atoms with Crippen LogP contribution in [0.1, 0.15) is 26.2 Å². The number of nitrogens with zero attached hydrogens (tertiary/aromatic N) is 1. The van der Waals surface area contributed by atoms with Gasteiger partial charge in [-0.2, -0.15) is 0 Å². The molecule has 1 unspecified atom stereocenters. The summed E-state index contributed by atoms with van der Waals surface area (Å²) >= 11 is 0. The zero-order valence-electron chi connectivity index (χ0n) is 9.79. The molecule has 0 aromatic heterocycles. The molecule has 0 amide bonds. The van der Waals surface area contributed by atoms with Crippen LogP contribution < -0.4 is 5.32 Å². The second-order valence-corrected chi connectivity index (χ2v) is 4.10. The molecule has 1 saturated heterocycles. The Morgan fingerprint density at radius 3 is 2.67 bits per heavy atom. The third-order valence-corrected chi connectivity index (χ3v) is 2.88. The fraction of sp³-hybridized carbons (Fsp3) is 0.909. The molecular weight excluding hydrogens is 192 g/mol. The SMILES string of the molecule is COC(=O)C(C)NCCN1CCCCC1. The molecular formula is C11H22N2O2. The molecule has 0 aromatic carbocycles. The highest BCUT2D eigenvalue weighted by molar-refractivity contribution is 5.74. The van der Waals surface area contributed by atoms with Crippen LogP contribution in [0.5, 0.6) is 0 Å². The summed E-state index contributed by atoms with van der Waals surface area (Å²) in [6, 6.07) is -0.195. The van der Waals surface area contributed by atoms with Gasteiger partial charge in [-0.15, -0.1) is 0 Å². The van der Waals surface area contributed by atoms with Gasteiger partial charge in [0.15, 0.2) is 0 Å². The average molecular weight is 214 g/mol. The van der Waals surface area contributed by atoms with Crippen LogP contribution in [0.3, 0.4) is 0 Å². The largest absolute Gasteiger partial charge is 0.468 e. The van der Waals surface area contributed by atoms with Crippen molar-refractivity contribution in [1.82, 2.24) is 10.2 Å². The maximum atomic E-state index is 11.1. The Kier molecular flexibility index (Phi) is 5.65. The smallest absolute Gasteiger partial charge is 0.322 e. The molecule has 4 heteroatoms. The summed E-state index contributed by atoms with van der Waals surface area (Å²) < 4.78 is 4.64. The standard InChI is InChI=1S/C11H22N2O2/c1-10(11(14)15-2)12-6-9-13-7-4-3-5-8-13/h10,12H,3-9H2,1-2H3. The summed E-state index contributed by atoms with van der Waals surface area (Å²) in [6.07, 6.45) is 3.99. The molecule has 4 nitrogen and oxygen atoms in total. The van der Waals surface area contributed by atoms with Gasteiger partial charge >= 0.3 is 5.97 Å². The monoisotopic (exact) mass is 214 g/mol. The van der Waals surface area contributed by atoms with E-state index in [0.717, 1.165) is 13.1 Å². The second-order valence-electron chi connectivity index (χ2n) is 4.10. The van der Waals surface area contributed by atoms with Crippen LogP contribution >= 0.6 is 0 Å². The third-order valence-electron chi connectivity index (χ3n) is 2.88. The van der Waals surface area contributed by atoms with E-state index in [0.29, 0.717) is 0 Å². The van der Waals surface area contributed by atoms with E-state index in [1.807, 2.05) is 6.92 Å². The van der Waals surface area contributed by atoms with Crippen molar-refractivity contribution in [3.63, 3.8) is 0 Å². The molecule has 0 aliphatic carbocycles. The number of carbonyl (C=O) groups excluding carboxylic acids is 1. The van der Waals surface area contributed by atoms with Crippen molar-refractivity contribution in [2.45, 2.75) is 32.2 Å². The van der Waals surface area contributed by atoms with Crippen molar-refractivity contribution >= 4 is 5.97 Å². The van der Waals surface area contributed by atoms with E-state index in [4.69, 9.17) is 0 Å². The second kappa shape index (κ2) is 6.80. The Bertz CT molecular complexity index is 191. The summed E-state index contributed by atoms with van der Waals surface area (Å²) in [5.74, 6) is -0.186. The highest BCUT2D eigenvalue weighted by Crippen LogP contribution is 2.07. The van der Waals surface area contributed by atoms with Crippen molar-refractivity contribution in [2.24, 2.45) is 0 Å². The number of hydrogen-bond acceptors (Lipinski definition) is 4. The molecule has 1 heterocycles. The summed E-state index contributed by atoms with van der Waals surface area (Å²) in [6.45, 7) is 6.13. The first kappa shape index (κ1) is 12.5. The molecule has 0 saturated carbocycles. The third kappa shape index (κ3) is 4.62. The van der Waals surface area contributed by atoms with E-state index in [9.17, 15) is 4.79 Å². The van der Waals surface area contributed by atoms with Crippen molar-refractivity contribution in [1.29, 1.82) is 0 Å². The summed E-state index contributed by atoms with van der Waals surface area (Å²) in [5.41, 5.74) is 0. The number of methoxy groups -OCH3 is 1. The number of ether oxygens (including phenoxy) is 1. The lowest BCUT2D eigenvalue weighted by atomic mass is 10.1. The molecule has 0 spiro atoms. The summed E-state index contributed by atoms with van der Waals surface area (Å²) in [4.78, 5) is 13.5. The van der Waals surface area contributed by atoms with Crippen molar-refractivity contribution in [3.05, 3.63) is 0 Å². The number of likely N-dealkylation sites (tertiary alicyclic amines) is 1. The van der Waals surface area contributed by atoms with Crippen LogP contribution in [0.15, 0.2) is 0 Å². The molecule has 1 fully saturated rings. The van der Waals surface area contributed by atoms with Gasteiger partial charge in [-0.1, -0.05) is 6.42 Å². The first-order chi connectivity index (χ1) is 7.24. The van der Waals surface area contributed by atoms with Crippen LogP contribution in [-0.4, -0.2) is 50.2 Å². The highest BCUT2D eigenvalue weighted by atomic mass is 16.5. The Morgan fingerprint density at radius 1 is 1.40 bits per heavy atom. The Balaban J connectivity index is 2.07. The lowest BCUT2D eigenvalue weighted by Gasteiger charge is -2.26. The van der Waals surface area contributed by atoms with Crippen molar-refractivity contribution in [2.75, 3.05) is 33.3 Å². The molecule has 0 bridgehead atoms. The Hall–Kier alpha value is -0.610. The molecule has 1 aliphatic rings. The maximum Gasteiger partial charge on any atom is 0.322 e. The fourth-order valence-corrected chi connectivity index (χ4v) is 1.88. The van der Waals surface area contributed by atoms with Crippen molar-refractivity contribution < 1.29 is 9.53 Å². The number of hydrogen-bond donors (Lipinski definition) is 1. The molecule has 1 aliphatic heterocycles. The first-order valence-electron chi connectivity index (χ1n) is 5.77. The van der Waals surface area contributed by atoms with Gasteiger partial charge in [-0.25, -0.2) is 0 Å². The lowest BCUT2D eigenvalue weighted by Crippen LogP contribution is -2.41. The highest BCUT2D eigenvalue weighted by Gasteiger charge is 2.13.